The fourth-order valence-electron chi connectivity index (χ4n) is 2.43. The van der Waals surface area contributed by atoms with Gasteiger partial charge in [-0.2, -0.15) is 0 Å². The molecule has 0 bridgehead atoms. The van der Waals surface area contributed by atoms with Crippen molar-refractivity contribution in [2.75, 3.05) is 33.2 Å². The van der Waals surface area contributed by atoms with Gasteiger partial charge in [0.1, 0.15) is 0 Å². The van der Waals surface area contributed by atoms with Crippen molar-refractivity contribution in [3.63, 3.8) is 0 Å². The van der Waals surface area contributed by atoms with Gasteiger partial charge in [0.15, 0.2) is 0 Å². The fourth-order valence-corrected chi connectivity index (χ4v) is 2.43. The number of rotatable bonds is 6. The number of nitrogens with zero attached hydrogens (tertiary/aromatic N) is 2. The van der Waals surface area contributed by atoms with Gasteiger partial charge in [-0.25, -0.2) is 0 Å². The molecule has 1 saturated heterocycles. The van der Waals surface area contributed by atoms with Gasteiger partial charge >= 0.3 is 0 Å². The van der Waals surface area contributed by atoms with Crippen LogP contribution in [-0.2, 0) is 9.59 Å². The molecule has 0 spiro atoms. The summed E-state index contributed by atoms with van der Waals surface area (Å²) in [6, 6.07) is 0.284. The number of amides is 2. The lowest BCUT2D eigenvalue weighted by atomic mass is 10.0. The Hall–Kier alpha value is -1.10. The minimum Gasteiger partial charge on any atom is -0.342 e. The minimum atomic E-state index is 0.0254. The maximum atomic E-state index is 12.1. The van der Waals surface area contributed by atoms with Crippen LogP contribution in [0.25, 0.3) is 0 Å². The third-order valence-corrected chi connectivity index (χ3v) is 3.75. The van der Waals surface area contributed by atoms with Gasteiger partial charge in [0.2, 0.25) is 11.8 Å². The molecule has 5 nitrogen and oxygen atoms in total. The van der Waals surface area contributed by atoms with Crippen LogP contribution >= 0.6 is 0 Å². The van der Waals surface area contributed by atoms with Crippen molar-refractivity contribution in [2.45, 2.75) is 45.6 Å². The van der Waals surface area contributed by atoms with E-state index in [1.807, 2.05) is 13.8 Å². The van der Waals surface area contributed by atoms with E-state index in [0.717, 1.165) is 13.0 Å². The highest BCUT2D eigenvalue weighted by atomic mass is 16.2. The average Bonchev–Trinajstić information content (AvgIpc) is 2.41. The molecule has 0 saturated carbocycles. The van der Waals surface area contributed by atoms with Gasteiger partial charge in [-0.05, 0) is 33.2 Å². The van der Waals surface area contributed by atoms with Gasteiger partial charge in [0.25, 0.3) is 0 Å². The molecule has 1 aliphatic heterocycles. The van der Waals surface area contributed by atoms with Gasteiger partial charge in [-0.15, -0.1) is 0 Å². The number of hydrogen-bond acceptors (Lipinski definition) is 3. The van der Waals surface area contributed by atoms with Gasteiger partial charge < -0.3 is 15.1 Å². The zero-order chi connectivity index (χ0) is 14.3. The van der Waals surface area contributed by atoms with Crippen LogP contribution in [0.3, 0.4) is 0 Å². The molecule has 110 valence electrons. The fraction of sp³-hybridized carbons (Fsp3) is 0.857. The summed E-state index contributed by atoms with van der Waals surface area (Å²) in [4.78, 5) is 27.3. The zero-order valence-corrected chi connectivity index (χ0v) is 12.4. The van der Waals surface area contributed by atoms with E-state index in [-0.39, 0.29) is 24.4 Å². The highest BCUT2D eigenvalue weighted by molar-refractivity contribution is 5.84. The van der Waals surface area contributed by atoms with Crippen molar-refractivity contribution in [3.05, 3.63) is 0 Å². The number of carbonyl (C=O) groups is 2. The van der Waals surface area contributed by atoms with Crippen LogP contribution in [0, 0.1) is 0 Å². The molecule has 0 aliphatic carbocycles. The number of likely N-dealkylation sites (N-methyl/N-ethyl adjacent to an activating group) is 2. The minimum absolute atomic E-state index is 0.0254. The van der Waals surface area contributed by atoms with E-state index < -0.39 is 0 Å². The molecule has 0 aromatic carbocycles. The van der Waals surface area contributed by atoms with Gasteiger partial charge in [-0.3, -0.25) is 9.59 Å². The van der Waals surface area contributed by atoms with E-state index in [1.165, 1.54) is 12.8 Å². The Bertz CT molecular complexity index is 297. The van der Waals surface area contributed by atoms with Crippen LogP contribution in [0.1, 0.15) is 39.5 Å². The van der Waals surface area contributed by atoms with E-state index in [9.17, 15) is 9.59 Å². The summed E-state index contributed by atoms with van der Waals surface area (Å²) in [5, 5.41) is 3.36. The molecule has 1 unspecified atom stereocenters. The van der Waals surface area contributed by atoms with Crippen LogP contribution in [0.5, 0.6) is 0 Å². The number of hydrogen-bond donors (Lipinski definition) is 1. The van der Waals surface area contributed by atoms with Crippen LogP contribution < -0.4 is 5.32 Å². The van der Waals surface area contributed by atoms with Crippen molar-refractivity contribution < 1.29 is 9.59 Å². The maximum Gasteiger partial charge on any atom is 0.242 e. The molecule has 19 heavy (non-hydrogen) atoms. The first-order valence-corrected chi connectivity index (χ1v) is 7.33. The number of carbonyl (C=O) groups excluding carboxylic acids is 2. The van der Waals surface area contributed by atoms with E-state index in [1.54, 1.807) is 16.8 Å². The zero-order valence-electron chi connectivity index (χ0n) is 12.4. The first-order chi connectivity index (χ1) is 9.08. The SMILES string of the molecule is CCN(CC)C(=O)CN(C)C(=O)CC1CCCCN1. The van der Waals surface area contributed by atoms with E-state index in [4.69, 9.17) is 0 Å². The summed E-state index contributed by atoms with van der Waals surface area (Å²) in [6.45, 7) is 6.49. The summed E-state index contributed by atoms with van der Waals surface area (Å²) >= 11 is 0. The lowest BCUT2D eigenvalue weighted by Gasteiger charge is -2.27. The molecular formula is C14H27N3O2. The first-order valence-electron chi connectivity index (χ1n) is 7.33. The maximum absolute atomic E-state index is 12.1. The third-order valence-electron chi connectivity index (χ3n) is 3.75. The van der Waals surface area contributed by atoms with E-state index >= 15 is 0 Å². The molecule has 1 rings (SSSR count). The first kappa shape index (κ1) is 16.0. The Kier molecular flexibility index (Phi) is 6.84. The van der Waals surface area contributed by atoms with Gasteiger partial charge in [0, 0.05) is 32.6 Å². The van der Waals surface area contributed by atoms with Crippen LogP contribution in [0.4, 0.5) is 0 Å². The monoisotopic (exact) mass is 269 g/mol. The van der Waals surface area contributed by atoms with Crippen LogP contribution in [0.2, 0.25) is 0 Å². The Morgan fingerprint density at radius 1 is 1.16 bits per heavy atom. The lowest BCUT2D eigenvalue weighted by Crippen LogP contribution is -2.43. The second-order valence-electron chi connectivity index (χ2n) is 5.17. The van der Waals surface area contributed by atoms with Gasteiger partial charge in [-0.1, -0.05) is 6.42 Å². The number of piperidine rings is 1. The predicted octanol–water partition coefficient (Wildman–Crippen LogP) is 0.845. The summed E-state index contributed by atoms with van der Waals surface area (Å²) < 4.78 is 0. The number of nitrogens with one attached hydrogen (secondary N) is 1. The Balaban J connectivity index is 2.37. The van der Waals surface area contributed by atoms with Crippen molar-refractivity contribution in [1.82, 2.24) is 15.1 Å². The molecule has 5 heteroatoms. The second kappa shape index (κ2) is 8.15. The molecule has 1 N–H and O–H groups in total. The quantitative estimate of drug-likeness (QED) is 0.777. The smallest absolute Gasteiger partial charge is 0.242 e. The van der Waals surface area contributed by atoms with Crippen molar-refractivity contribution in [3.8, 4) is 0 Å². The average molecular weight is 269 g/mol. The molecule has 2 amide bonds. The van der Waals surface area contributed by atoms with Crippen molar-refractivity contribution in [1.29, 1.82) is 0 Å². The summed E-state index contributed by atoms with van der Waals surface area (Å²) in [6.07, 6.45) is 3.94. The largest absolute Gasteiger partial charge is 0.342 e. The molecule has 0 aromatic rings. The lowest BCUT2D eigenvalue weighted by molar-refractivity contribution is -0.139. The van der Waals surface area contributed by atoms with E-state index in [0.29, 0.717) is 19.5 Å². The molecular weight excluding hydrogens is 242 g/mol. The molecule has 1 atom stereocenters. The van der Waals surface area contributed by atoms with Crippen LogP contribution in [-0.4, -0.2) is 60.9 Å². The molecule has 1 aliphatic rings. The molecule has 0 radical (unpaired) electrons. The predicted molar refractivity (Wildman–Crippen MR) is 75.8 cm³/mol. The summed E-state index contributed by atoms with van der Waals surface area (Å²) in [5.41, 5.74) is 0. The third kappa shape index (κ3) is 5.19. The summed E-state index contributed by atoms with van der Waals surface area (Å²) in [5.74, 6) is 0.0809. The Morgan fingerprint density at radius 2 is 1.84 bits per heavy atom. The normalized spacial score (nSPS) is 19.0. The molecule has 1 heterocycles. The highest BCUT2D eigenvalue weighted by Crippen LogP contribution is 2.11. The van der Waals surface area contributed by atoms with E-state index in [2.05, 4.69) is 5.32 Å². The Morgan fingerprint density at radius 3 is 2.37 bits per heavy atom. The van der Waals surface area contributed by atoms with Crippen molar-refractivity contribution >= 4 is 11.8 Å². The molecule has 0 aromatic heterocycles. The summed E-state index contributed by atoms with van der Waals surface area (Å²) in [7, 11) is 1.71. The standard InChI is InChI=1S/C14H27N3O2/c1-4-17(5-2)14(19)11-16(3)13(18)10-12-8-6-7-9-15-12/h12,15H,4-11H2,1-3H3. The van der Waals surface area contributed by atoms with Crippen molar-refractivity contribution in [2.24, 2.45) is 0 Å². The second-order valence-corrected chi connectivity index (χ2v) is 5.17. The Labute approximate surface area is 116 Å². The topological polar surface area (TPSA) is 52.7 Å². The van der Waals surface area contributed by atoms with Crippen LogP contribution in [0.15, 0.2) is 0 Å². The highest BCUT2D eigenvalue weighted by Gasteiger charge is 2.21. The molecule has 1 fully saturated rings. The van der Waals surface area contributed by atoms with Gasteiger partial charge in [0.05, 0.1) is 6.54 Å².